The summed E-state index contributed by atoms with van der Waals surface area (Å²) in [6.45, 7) is 2.55. The molecular weight excluding hydrogens is 316 g/mol. The molecule has 0 unspecified atom stereocenters. The van der Waals surface area contributed by atoms with Crippen LogP contribution >= 0.6 is 23.7 Å². The molecule has 5 heteroatoms. The van der Waals surface area contributed by atoms with Crippen molar-refractivity contribution in [2.45, 2.75) is 19.4 Å². The van der Waals surface area contributed by atoms with Crippen LogP contribution < -0.4 is 10.2 Å². The van der Waals surface area contributed by atoms with E-state index in [2.05, 4.69) is 22.1 Å². The second-order valence-electron chi connectivity index (χ2n) is 5.42. The Bertz CT molecular complexity index is 568. The molecule has 1 aromatic heterocycles. The minimum absolute atomic E-state index is 0. The fourth-order valence-corrected chi connectivity index (χ4v) is 3.42. The van der Waals surface area contributed by atoms with Crippen LogP contribution in [-0.2, 0) is 11.3 Å². The van der Waals surface area contributed by atoms with Crippen LogP contribution in [0.3, 0.4) is 0 Å². The van der Waals surface area contributed by atoms with Gasteiger partial charge in [0.25, 0.3) is 0 Å². The molecule has 0 bridgehead atoms. The maximum Gasteiger partial charge on any atom is 0.230 e. The molecule has 1 fully saturated rings. The quantitative estimate of drug-likeness (QED) is 0.923. The van der Waals surface area contributed by atoms with Crippen molar-refractivity contribution in [1.29, 1.82) is 0 Å². The molecule has 22 heavy (non-hydrogen) atoms. The number of carbonyl (C=O) groups is 1. The van der Waals surface area contributed by atoms with Crippen molar-refractivity contribution in [1.82, 2.24) is 5.32 Å². The number of hydrogen-bond donors (Lipinski definition) is 1. The lowest BCUT2D eigenvalue weighted by molar-refractivity contribution is -0.123. The first-order valence-corrected chi connectivity index (χ1v) is 8.37. The number of amides is 1. The summed E-state index contributed by atoms with van der Waals surface area (Å²) in [5, 5.41) is 7.50. The van der Waals surface area contributed by atoms with Gasteiger partial charge in [0.2, 0.25) is 5.91 Å². The smallest absolute Gasteiger partial charge is 0.230 e. The molecule has 0 atom stereocenters. The molecule has 1 aromatic carbocycles. The zero-order valence-corrected chi connectivity index (χ0v) is 14.0. The highest BCUT2D eigenvalue weighted by Crippen LogP contribution is 2.23. The van der Waals surface area contributed by atoms with Crippen LogP contribution in [-0.4, -0.2) is 19.0 Å². The van der Waals surface area contributed by atoms with Crippen molar-refractivity contribution < 1.29 is 4.79 Å². The normalized spacial score (nSPS) is 15.1. The predicted molar refractivity (Wildman–Crippen MR) is 94.8 cm³/mol. The molecule has 0 radical (unpaired) electrons. The maximum atomic E-state index is 12.9. The van der Waals surface area contributed by atoms with E-state index in [1.165, 1.54) is 5.56 Å². The van der Waals surface area contributed by atoms with E-state index in [0.717, 1.165) is 31.6 Å². The molecule has 3 rings (SSSR count). The number of anilines is 1. The van der Waals surface area contributed by atoms with Crippen LogP contribution in [0.1, 0.15) is 18.4 Å². The SMILES string of the molecule is Cl.O=C(C1CCNCC1)N(Cc1ccsc1)c1ccccc1. The molecular formula is C17H21ClN2OS. The second kappa shape index (κ2) is 8.32. The fourth-order valence-electron chi connectivity index (χ4n) is 2.76. The van der Waals surface area contributed by atoms with E-state index < -0.39 is 0 Å². The van der Waals surface area contributed by atoms with Gasteiger partial charge >= 0.3 is 0 Å². The standard InChI is InChI=1S/C17H20N2OS.ClH/c20-17(15-6-9-18-10-7-15)19(12-14-8-11-21-13-14)16-4-2-1-3-5-16;/h1-5,8,11,13,15,18H,6-7,9-10,12H2;1H. The van der Waals surface area contributed by atoms with Crippen molar-refractivity contribution in [2.75, 3.05) is 18.0 Å². The molecule has 0 spiro atoms. The summed E-state index contributed by atoms with van der Waals surface area (Å²) in [4.78, 5) is 14.9. The van der Waals surface area contributed by atoms with E-state index in [1.54, 1.807) is 11.3 Å². The van der Waals surface area contributed by atoms with Crippen LogP contribution in [0.4, 0.5) is 5.69 Å². The van der Waals surface area contributed by atoms with Crippen LogP contribution in [0, 0.1) is 5.92 Å². The number of thiophene rings is 1. The Labute approximate surface area is 141 Å². The van der Waals surface area contributed by atoms with Crippen LogP contribution in [0.2, 0.25) is 0 Å². The second-order valence-corrected chi connectivity index (χ2v) is 6.20. The number of nitrogens with zero attached hydrogens (tertiary/aromatic N) is 1. The van der Waals surface area contributed by atoms with E-state index in [1.807, 2.05) is 35.2 Å². The summed E-state index contributed by atoms with van der Waals surface area (Å²) in [6.07, 6.45) is 1.87. The predicted octanol–water partition coefficient (Wildman–Crippen LogP) is 3.70. The minimum atomic E-state index is 0. The van der Waals surface area contributed by atoms with Crippen molar-refractivity contribution >= 4 is 35.3 Å². The largest absolute Gasteiger partial charge is 0.317 e. The lowest BCUT2D eigenvalue weighted by Gasteiger charge is -2.29. The Morgan fingerprint density at radius 3 is 2.55 bits per heavy atom. The lowest BCUT2D eigenvalue weighted by atomic mass is 9.96. The van der Waals surface area contributed by atoms with Crippen LogP contribution in [0.15, 0.2) is 47.2 Å². The molecule has 1 amide bonds. The first-order chi connectivity index (χ1) is 10.3. The summed E-state index contributed by atoms with van der Waals surface area (Å²) in [7, 11) is 0. The average molecular weight is 337 g/mol. The van der Waals surface area contributed by atoms with Gasteiger partial charge in [0.05, 0.1) is 6.54 Å². The molecule has 1 aliphatic rings. The van der Waals surface area contributed by atoms with Gasteiger partial charge in [0, 0.05) is 11.6 Å². The summed E-state index contributed by atoms with van der Waals surface area (Å²) in [5.41, 5.74) is 2.19. The number of carbonyl (C=O) groups excluding carboxylic acids is 1. The van der Waals surface area contributed by atoms with Gasteiger partial charge in [-0.2, -0.15) is 11.3 Å². The third-order valence-electron chi connectivity index (χ3n) is 3.94. The highest BCUT2D eigenvalue weighted by molar-refractivity contribution is 7.07. The molecule has 1 saturated heterocycles. The van der Waals surface area contributed by atoms with Crippen LogP contribution in [0.25, 0.3) is 0 Å². The molecule has 0 saturated carbocycles. The van der Waals surface area contributed by atoms with Gasteiger partial charge < -0.3 is 10.2 Å². The summed E-state index contributed by atoms with van der Waals surface area (Å²) in [5.74, 6) is 0.402. The third-order valence-corrected chi connectivity index (χ3v) is 4.68. The lowest BCUT2D eigenvalue weighted by Crippen LogP contribution is -2.40. The van der Waals surface area contributed by atoms with E-state index in [9.17, 15) is 4.79 Å². The highest BCUT2D eigenvalue weighted by atomic mass is 35.5. The first kappa shape index (κ1) is 17.0. The number of para-hydroxylation sites is 1. The number of halogens is 1. The van der Waals surface area contributed by atoms with Crippen molar-refractivity contribution in [3.63, 3.8) is 0 Å². The molecule has 3 nitrogen and oxygen atoms in total. The first-order valence-electron chi connectivity index (χ1n) is 7.43. The third kappa shape index (κ3) is 4.09. The van der Waals surface area contributed by atoms with Crippen molar-refractivity contribution in [3.05, 3.63) is 52.7 Å². The van der Waals surface area contributed by atoms with E-state index in [0.29, 0.717) is 6.54 Å². The fraction of sp³-hybridized carbons (Fsp3) is 0.353. The van der Waals surface area contributed by atoms with Gasteiger partial charge in [-0.15, -0.1) is 12.4 Å². The summed E-state index contributed by atoms with van der Waals surface area (Å²) in [6, 6.07) is 12.1. The van der Waals surface area contributed by atoms with Gasteiger partial charge in [0.15, 0.2) is 0 Å². The zero-order chi connectivity index (χ0) is 14.5. The average Bonchev–Trinajstić information content (AvgIpc) is 3.07. The van der Waals surface area contributed by atoms with Gasteiger partial charge in [-0.25, -0.2) is 0 Å². The molecule has 1 N–H and O–H groups in total. The zero-order valence-electron chi connectivity index (χ0n) is 12.4. The number of piperidine rings is 1. The van der Waals surface area contributed by atoms with Crippen LogP contribution in [0.5, 0.6) is 0 Å². The van der Waals surface area contributed by atoms with Crippen molar-refractivity contribution in [2.24, 2.45) is 5.92 Å². The van der Waals surface area contributed by atoms with Gasteiger partial charge in [0.1, 0.15) is 0 Å². The highest BCUT2D eigenvalue weighted by Gasteiger charge is 2.26. The molecule has 2 heterocycles. The van der Waals surface area contributed by atoms with Crippen molar-refractivity contribution in [3.8, 4) is 0 Å². The van der Waals surface area contributed by atoms with Gasteiger partial charge in [-0.3, -0.25) is 4.79 Å². The van der Waals surface area contributed by atoms with Gasteiger partial charge in [-0.05, 0) is 60.5 Å². The topological polar surface area (TPSA) is 32.3 Å². The molecule has 1 aliphatic heterocycles. The monoisotopic (exact) mass is 336 g/mol. The Hall–Kier alpha value is -1.36. The van der Waals surface area contributed by atoms with E-state index in [-0.39, 0.29) is 24.2 Å². The minimum Gasteiger partial charge on any atom is -0.317 e. The number of benzene rings is 1. The number of nitrogens with one attached hydrogen (secondary N) is 1. The number of rotatable bonds is 4. The Balaban J connectivity index is 0.00000176. The molecule has 2 aromatic rings. The van der Waals surface area contributed by atoms with E-state index >= 15 is 0 Å². The van der Waals surface area contributed by atoms with Gasteiger partial charge in [-0.1, -0.05) is 18.2 Å². The summed E-state index contributed by atoms with van der Waals surface area (Å²) < 4.78 is 0. The number of hydrogen-bond acceptors (Lipinski definition) is 3. The summed E-state index contributed by atoms with van der Waals surface area (Å²) >= 11 is 1.68. The Kier molecular flexibility index (Phi) is 6.43. The van der Waals surface area contributed by atoms with E-state index in [4.69, 9.17) is 0 Å². The molecule has 0 aliphatic carbocycles. The Morgan fingerprint density at radius 1 is 1.18 bits per heavy atom. The molecule has 118 valence electrons. The Morgan fingerprint density at radius 2 is 1.91 bits per heavy atom. The maximum absolute atomic E-state index is 12.9.